The molecule has 0 saturated carbocycles. The van der Waals surface area contributed by atoms with Crippen LogP contribution in [0.1, 0.15) is 27.2 Å². The molecule has 2 amide bonds. The molecular weight excluding hydrogens is 208 g/mol. The molecule has 1 atom stereocenters. The van der Waals surface area contributed by atoms with Crippen LogP contribution < -0.4 is 5.32 Å². The topological polar surface area (TPSA) is 58.6 Å². The first kappa shape index (κ1) is 13.0. The Morgan fingerprint density at radius 2 is 2.06 bits per heavy atom. The average Bonchev–Trinajstić information content (AvgIpc) is 2.20. The molecular formula is C11H20N2O3. The van der Waals surface area contributed by atoms with Crippen molar-refractivity contribution in [1.29, 1.82) is 0 Å². The Morgan fingerprint density at radius 1 is 1.44 bits per heavy atom. The first-order valence-electron chi connectivity index (χ1n) is 5.52. The van der Waals surface area contributed by atoms with Gasteiger partial charge in [0, 0.05) is 20.3 Å². The van der Waals surface area contributed by atoms with Crippen molar-refractivity contribution in [3.63, 3.8) is 0 Å². The molecule has 1 heterocycles. The van der Waals surface area contributed by atoms with E-state index in [0.717, 1.165) is 6.42 Å². The quantitative estimate of drug-likeness (QED) is 0.697. The van der Waals surface area contributed by atoms with Gasteiger partial charge in [0.25, 0.3) is 0 Å². The first-order chi connectivity index (χ1) is 7.40. The number of piperazine rings is 1. The van der Waals surface area contributed by atoms with Crippen molar-refractivity contribution in [3.05, 3.63) is 0 Å². The number of carbonyl (C=O) groups is 2. The summed E-state index contributed by atoms with van der Waals surface area (Å²) in [7, 11) is 1.62. The SMILES string of the molecule is COCCCN1C(=O)C(C)(C)NC(=O)C1C. The summed E-state index contributed by atoms with van der Waals surface area (Å²) in [6.07, 6.45) is 0.746. The van der Waals surface area contributed by atoms with Crippen LogP contribution in [-0.4, -0.2) is 48.6 Å². The van der Waals surface area contributed by atoms with Crippen LogP contribution in [0.25, 0.3) is 0 Å². The second-order valence-corrected chi connectivity index (χ2v) is 4.64. The summed E-state index contributed by atoms with van der Waals surface area (Å²) in [5, 5.41) is 2.71. The number of rotatable bonds is 4. The van der Waals surface area contributed by atoms with Crippen molar-refractivity contribution in [3.8, 4) is 0 Å². The van der Waals surface area contributed by atoms with Gasteiger partial charge in [0.15, 0.2) is 0 Å². The largest absolute Gasteiger partial charge is 0.385 e. The minimum Gasteiger partial charge on any atom is -0.385 e. The number of nitrogens with zero attached hydrogens (tertiary/aromatic N) is 1. The average molecular weight is 228 g/mol. The molecule has 0 aromatic heterocycles. The molecule has 16 heavy (non-hydrogen) atoms. The molecule has 1 rings (SSSR count). The summed E-state index contributed by atoms with van der Waals surface area (Å²) in [5.41, 5.74) is -0.795. The van der Waals surface area contributed by atoms with Gasteiger partial charge in [-0.05, 0) is 27.2 Å². The van der Waals surface area contributed by atoms with E-state index in [-0.39, 0.29) is 11.8 Å². The summed E-state index contributed by atoms with van der Waals surface area (Å²) < 4.78 is 4.94. The van der Waals surface area contributed by atoms with Crippen LogP contribution in [0.2, 0.25) is 0 Å². The minimum atomic E-state index is -0.795. The van der Waals surface area contributed by atoms with Gasteiger partial charge in [-0.1, -0.05) is 0 Å². The highest BCUT2D eigenvalue weighted by atomic mass is 16.5. The van der Waals surface area contributed by atoms with E-state index in [9.17, 15) is 9.59 Å². The summed E-state index contributed by atoms with van der Waals surface area (Å²) >= 11 is 0. The molecule has 1 fully saturated rings. The van der Waals surface area contributed by atoms with E-state index in [2.05, 4.69) is 5.32 Å². The number of carbonyl (C=O) groups excluding carboxylic acids is 2. The molecule has 1 N–H and O–H groups in total. The van der Waals surface area contributed by atoms with Crippen LogP contribution in [0.15, 0.2) is 0 Å². The third-order valence-corrected chi connectivity index (χ3v) is 2.83. The lowest BCUT2D eigenvalue weighted by atomic mass is 9.97. The van der Waals surface area contributed by atoms with Crippen LogP contribution >= 0.6 is 0 Å². The van der Waals surface area contributed by atoms with Crippen LogP contribution in [-0.2, 0) is 14.3 Å². The standard InChI is InChI=1S/C11H20N2O3/c1-8-9(14)12-11(2,3)10(15)13(8)6-5-7-16-4/h8H,5-7H2,1-4H3,(H,12,14). The number of hydrogen-bond donors (Lipinski definition) is 1. The fourth-order valence-electron chi connectivity index (χ4n) is 1.82. The Hall–Kier alpha value is -1.10. The first-order valence-corrected chi connectivity index (χ1v) is 5.52. The number of nitrogens with one attached hydrogen (secondary N) is 1. The predicted molar refractivity (Wildman–Crippen MR) is 59.9 cm³/mol. The molecule has 0 aromatic carbocycles. The van der Waals surface area contributed by atoms with Crippen molar-refractivity contribution in [1.82, 2.24) is 10.2 Å². The lowest BCUT2D eigenvalue weighted by Gasteiger charge is -2.41. The van der Waals surface area contributed by atoms with Gasteiger partial charge in [0.2, 0.25) is 11.8 Å². The number of methoxy groups -OCH3 is 1. The lowest BCUT2D eigenvalue weighted by Crippen LogP contribution is -2.67. The van der Waals surface area contributed by atoms with Gasteiger partial charge in [0.05, 0.1) is 0 Å². The minimum absolute atomic E-state index is 0.0318. The van der Waals surface area contributed by atoms with Crippen molar-refractivity contribution >= 4 is 11.8 Å². The zero-order chi connectivity index (χ0) is 12.3. The summed E-state index contributed by atoms with van der Waals surface area (Å²) in [6, 6.07) is -0.391. The second kappa shape index (κ2) is 4.82. The zero-order valence-electron chi connectivity index (χ0n) is 10.4. The molecule has 0 spiro atoms. The molecule has 5 nitrogen and oxygen atoms in total. The van der Waals surface area contributed by atoms with Crippen LogP contribution in [0.4, 0.5) is 0 Å². The van der Waals surface area contributed by atoms with Gasteiger partial charge in [-0.15, -0.1) is 0 Å². The Bertz CT molecular complexity index is 289. The number of hydrogen-bond acceptors (Lipinski definition) is 3. The van der Waals surface area contributed by atoms with E-state index in [1.807, 2.05) is 0 Å². The van der Waals surface area contributed by atoms with Crippen LogP contribution in [0.3, 0.4) is 0 Å². The van der Waals surface area contributed by atoms with Gasteiger partial charge >= 0.3 is 0 Å². The van der Waals surface area contributed by atoms with Crippen LogP contribution in [0.5, 0.6) is 0 Å². The molecule has 1 saturated heterocycles. The maximum absolute atomic E-state index is 12.1. The van der Waals surface area contributed by atoms with Crippen molar-refractivity contribution in [2.45, 2.75) is 38.8 Å². The van der Waals surface area contributed by atoms with Gasteiger partial charge in [-0.3, -0.25) is 9.59 Å². The van der Waals surface area contributed by atoms with E-state index >= 15 is 0 Å². The van der Waals surface area contributed by atoms with E-state index < -0.39 is 11.6 Å². The molecule has 0 aromatic rings. The van der Waals surface area contributed by atoms with Gasteiger partial charge < -0.3 is 15.0 Å². The fraction of sp³-hybridized carbons (Fsp3) is 0.818. The van der Waals surface area contributed by atoms with Crippen LogP contribution in [0, 0.1) is 0 Å². The maximum Gasteiger partial charge on any atom is 0.248 e. The lowest BCUT2D eigenvalue weighted by molar-refractivity contribution is -0.152. The molecule has 0 radical (unpaired) electrons. The van der Waals surface area contributed by atoms with E-state index in [4.69, 9.17) is 4.74 Å². The summed E-state index contributed by atoms with van der Waals surface area (Å²) in [5.74, 6) is -0.127. The Morgan fingerprint density at radius 3 is 2.62 bits per heavy atom. The molecule has 5 heteroatoms. The predicted octanol–water partition coefficient (Wildman–Crippen LogP) is 0.148. The highest BCUT2D eigenvalue weighted by molar-refractivity contribution is 5.99. The normalized spacial score (nSPS) is 24.5. The number of ether oxygens (including phenoxy) is 1. The summed E-state index contributed by atoms with van der Waals surface area (Å²) in [4.78, 5) is 25.4. The monoisotopic (exact) mass is 228 g/mol. The van der Waals surface area contributed by atoms with E-state index in [0.29, 0.717) is 13.2 Å². The Kier molecular flexibility index (Phi) is 3.91. The van der Waals surface area contributed by atoms with Crippen molar-refractivity contribution in [2.75, 3.05) is 20.3 Å². The van der Waals surface area contributed by atoms with Gasteiger partial charge in [-0.25, -0.2) is 0 Å². The zero-order valence-corrected chi connectivity index (χ0v) is 10.4. The summed E-state index contributed by atoms with van der Waals surface area (Å²) in [6.45, 7) is 6.35. The van der Waals surface area contributed by atoms with Crippen molar-refractivity contribution < 1.29 is 14.3 Å². The highest BCUT2D eigenvalue weighted by Crippen LogP contribution is 2.17. The Labute approximate surface area is 96.1 Å². The maximum atomic E-state index is 12.1. The highest BCUT2D eigenvalue weighted by Gasteiger charge is 2.42. The molecule has 1 aliphatic heterocycles. The molecule has 1 aliphatic rings. The molecule has 1 unspecified atom stereocenters. The van der Waals surface area contributed by atoms with E-state index in [1.165, 1.54) is 0 Å². The molecule has 0 aliphatic carbocycles. The molecule has 0 bridgehead atoms. The number of amides is 2. The third kappa shape index (κ3) is 2.52. The van der Waals surface area contributed by atoms with Gasteiger partial charge in [0.1, 0.15) is 11.6 Å². The smallest absolute Gasteiger partial charge is 0.248 e. The van der Waals surface area contributed by atoms with Crippen molar-refractivity contribution in [2.24, 2.45) is 0 Å². The molecule has 92 valence electrons. The van der Waals surface area contributed by atoms with E-state index in [1.54, 1.807) is 32.8 Å². The third-order valence-electron chi connectivity index (χ3n) is 2.83. The second-order valence-electron chi connectivity index (χ2n) is 4.64. The fourth-order valence-corrected chi connectivity index (χ4v) is 1.82. The Balaban J connectivity index is 2.70. The van der Waals surface area contributed by atoms with Gasteiger partial charge in [-0.2, -0.15) is 0 Å².